The topological polar surface area (TPSA) is 61.4 Å². The number of aliphatic hydroxyl groups excluding tert-OH is 1. The lowest BCUT2D eigenvalue weighted by atomic mass is 10.2. The molecule has 1 aromatic rings. The average molecular weight is 292 g/mol. The Balaban J connectivity index is 1.74. The van der Waals surface area contributed by atoms with E-state index in [1.807, 2.05) is 18.2 Å². The highest BCUT2D eigenvalue weighted by molar-refractivity contribution is 6.90. The van der Waals surface area contributed by atoms with Crippen molar-refractivity contribution in [2.24, 2.45) is 5.92 Å². The lowest BCUT2D eigenvalue weighted by Crippen LogP contribution is -2.54. The molecule has 1 saturated carbocycles. The summed E-state index contributed by atoms with van der Waals surface area (Å²) in [5.41, 5.74) is 0. The zero-order valence-electron chi connectivity index (χ0n) is 12.2. The van der Waals surface area contributed by atoms with Crippen LogP contribution in [0.5, 0.6) is 0 Å². The number of carbonyl (C=O) groups excluding carboxylic acids is 1. The highest BCUT2D eigenvalue weighted by Gasteiger charge is 2.30. The van der Waals surface area contributed by atoms with E-state index in [9.17, 15) is 9.90 Å². The van der Waals surface area contributed by atoms with Gasteiger partial charge in [-0.25, -0.2) is 4.79 Å². The molecular weight excluding hydrogens is 268 g/mol. The van der Waals surface area contributed by atoms with Crippen molar-refractivity contribution >= 4 is 19.3 Å². The van der Waals surface area contributed by atoms with Crippen molar-refractivity contribution in [1.82, 2.24) is 10.6 Å². The first-order chi connectivity index (χ1) is 9.49. The van der Waals surface area contributed by atoms with Gasteiger partial charge < -0.3 is 15.7 Å². The van der Waals surface area contributed by atoms with E-state index in [1.165, 1.54) is 5.19 Å². The van der Waals surface area contributed by atoms with Crippen LogP contribution >= 0.6 is 0 Å². The number of benzene rings is 1. The molecule has 4 nitrogen and oxygen atoms in total. The van der Waals surface area contributed by atoms with Crippen molar-refractivity contribution in [3.63, 3.8) is 0 Å². The van der Waals surface area contributed by atoms with Gasteiger partial charge in [0.25, 0.3) is 0 Å². The van der Waals surface area contributed by atoms with Gasteiger partial charge in [-0.1, -0.05) is 48.6 Å². The molecule has 1 aliphatic carbocycles. The molecule has 1 atom stereocenters. The minimum absolute atomic E-state index is 0.179. The maximum atomic E-state index is 11.8. The number of amides is 2. The zero-order chi connectivity index (χ0) is 14.6. The summed E-state index contributed by atoms with van der Waals surface area (Å²) in [5.74, 6) is 0.394. The molecule has 0 aromatic heterocycles. The fourth-order valence-corrected chi connectivity index (χ4v) is 4.10. The van der Waals surface area contributed by atoms with Gasteiger partial charge >= 0.3 is 6.03 Å². The molecule has 0 spiro atoms. The van der Waals surface area contributed by atoms with Gasteiger partial charge in [-0.05, 0) is 18.8 Å². The third kappa shape index (κ3) is 4.35. The summed E-state index contributed by atoms with van der Waals surface area (Å²) in [6, 6.07) is 10.2. The van der Waals surface area contributed by atoms with Crippen LogP contribution in [0.25, 0.3) is 0 Å². The van der Waals surface area contributed by atoms with Crippen molar-refractivity contribution in [3.05, 3.63) is 30.3 Å². The Hall–Kier alpha value is -1.33. The third-order valence-corrected chi connectivity index (χ3v) is 6.84. The molecule has 0 aliphatic heterocycles. The first-order valence-corrected chi connectivity index (χ1v) is 10.4. The fraction of sp³-hybridized carbons (Fsp3) is 0.533. The second-order valence-corrected chi connectivity index (χ2v) is 10.9. The quantitative estimate of drug-likeness (QED) is 0.690. The van der Waals surface area contributed by atoms with Gasteiger partial charge in [0.15, 0.2) is 0 Å². The highest BCUT2D eigenvalue weighted by Crippen LogP contribution is 2.32. The van der Waals surface area contributed by atoms with Gasteiger partial charge in [0, 0.05) is 12.7 Å². The molecule has 5 heteroatoms. The number of carbonyl (C=O) groups is 1. The van der Waals surface area contributed by atoms with Crippen LogP contribution in [0.2, 0.25) is 13.1 Å². The lowest BCUT2D eigenvalue weighted by Gasteiger charge is -2.23. The summed E-state index contributed by atoms with van der Waals surface area (Å²) in [4.78, 5) is 11.8. The molecule has 1 aromatic carbocycles. The number of nitrogens with one attached hydrogen (secondary N) is 2. The average Bonchev–Trinajstić information content (AvgIpc) is 3.28. The van der Waals surface area contributed by atoms with Crippen LogP contribution in [-0.2, 0) is 0 Å². The van der Waals surface area contributed by atoms with E-state index in [2.05, 4.69) is 35.9 Å². The molecule has 3 N–H and O–H groups in total. The van der Waals surface area contributed by atoms with E-state index in [0.717, 1.165) is 12.8 Å². The number of aliphatic hydroxyl groups is 1. The predicted molar refractivity (Wildman–Crippen MR) is 83.7 cm³/mol. The largest absolute Gasteiger partial charge is 0.391 e. The number of urea groups is 1. The van der Waals surface area contributed by atoms with E-state index in [0.29, 0.717) is 18.6 Å². The van der Waals surface area contributed by atoms with Crippen molar-refractivity contribution in [2.75, 3.05) is 12.7 Å². The van der Waals surface area contributed by atoms with Crippen LogP contribution in [0, 0.1) is 5.92 Å². The standard InChI is InChI=1S/C15H24N2O2Si/c1-20(2,13-6-4-3-5-7-13)11-17-15(19)16-10-14(18)12-8-9-12/h3-7,12,14,18H,8-11H2,1-2H3,(H2,16,17,19)/t14-/m1/s1. The molecule has 2 amide bonds. The number of rotatable bonds is 6. The molecule has 1 aliphatic rings. The Morgan fingerprint density at radius 1 is 1.30 bits per heavy atom. The fourth-order valence-electron chi connectivity index (χ4n) is 2.20. The van der Waals surface area contributed by atoms with Gasteiger partial charge in [0.2, 0.25) is 0 Å². The lowest BCUT2D eigenvalue weighted by molar-refractivity contribution is 0.149. The van der Waals surface area contributed by atoms with Crippen LogP contribution in [0.3, 0.4) is 0 Å². The maximum absolute atomic E-state index is 11.8. The first kappa shape index (κ1) is 15.1. The monoisotopic (exact) mass is 292 g/mol. The third-order valence-electron chi connectivity index (χ3n) is 3.88. The minimum atomic E-state index is -1.64. The van der Waals surface area contributed by atoms with Gasteiger partial charge in [0.05, 0.1) is 6.10 Å². The summed E-state index contributed by atoms with van der Waals surface area (Å²) in [5, 5.41) is 16.7. The SMILES string of the molecule is C[Si](C)(CNC(=O)NC[C@@H](O)C1CC1)c1ccccc1. The molecule has 0 bridgehead atoms. The first-order valence-electron chi connectivity index (χ1n) is 7.24. The molecule has 2 rings (SSSR count). The molecule has 0 radical (unpaired) electrons. The van der Waals surface area contributed by atoms with Crippen LogP contribution in [0.1, 0.15) is 12.8 Å². The van der Waals surface area contributed by atoms with Gasteiger partial charge in [-0.3, -0.25) is 0 Å². The van der Waals surface area contributed by atoms with Crippen molar-refractivity contribution < 1.29 is 9.90 Å². The summed E-state index contributed by atoms with van der Waals surface area (Å²) >= 11 is 0. The summed E-state index contributed by atoms with van der Waals surface area (Å²) < 4.78 is 0. The summed E-state index contributed by atoms with van der Waals surface area (Å²) in [6.45, 7) is 4.83. The Bertz CT molecular complexity index is 446. The van der Waals surface area contributed by atoms with Crippen LogP contribution in [-0.4, -0.2) is 38.0 Å². The normalized spacial score (nSPS) is 16.6. The number of hydrogen-bond donors (Lipinski definition) is 3. The van der Waals surface area contributed by atoms with Gasteiger partial charge in [-0.2, -0.15) is 0 Å². The smallest absolute Gasteiger partial charge is 0.314 e. The van der Waals surface area contributed by atoms with E-state index in [-0.39, 0.29) is 12.1 Å². The van der Waals surface area contributed by atoms with Crippen molar-refractivity contribution in [3.8, 4) is 0 Å². The minimum Gasteiger partial charge on any atom is -0.391 e. The van der Waals surface area contributed by atoms with Gasteiger partial charge in [-0.15, -0.1) is 0 Å². The Morgan fingerprint density at radius 3 is 2.55 bits per heavy atom. The molecular formula is C15H24N2O2Si. The van der Waals surface area contributed by atoms with Crippen LogP contribution < -0.4 is 15.8 Å². The van der Waals surface area contributed by atoms with E-state index >= 15 is 0 Å². The van der Waals surface area contributed by atoms with Crippen LogP contribution in [0.15, 0.2) is 30.3 Å². The van der Waals surface area contributed by atoms with E-state index in [4.69, 9.17) is 0 Å². The summed E-state index contributed by atoms with van der Waals surface area (Å²) in [6.07, 6.45) is 2.47. The molecule has 110 valence electrons. The van der Waals surface area contributed by atoms with Crippen molar-refractivity contribution in [2.45, 2.75) is 32.0 Å². The Labute approximate surface area is 121 Å². The molecule has 0 saturated heterocycles. The second-order valence-electron chi connectivity index (χ2n) is 6.22. The maximum Gasteiger partial charge on any atom is 0.314 e. The second kappa shape index (κ2) is 6.41. The summed E-state index contributed by atoms with van der Waals surface area (Å²) in [7, 11) is -1.64. The predicted octanol–water partition coefficient (Wildman–Crippen LogP) is 1.21. The molecule has 0 unspecified atom stereocenters. The molecule has 1 fully saturated rings. The Morgan fingerprint density at radius 2 is 1.95 bits per heavy atom. The van der Waals surface area contributed by atoms with Crippen LogP contribution in [0.4, 0.5) is 4.79 Å². The van der Waals surface area contributed by atoms with E-state index < -0.39 is 8.07 Å². The Kier molecular flexibility index (Phi) is 4.83. The highest BCUT2D eigenvalue weighted by atomic mass is 28.3. The van der Waals surface area contributed by atoms with E-state index in [1.54, 1.807) is 0 Å². The zero-order valence-corrected chi connectivity index (χ0v) is 13.2. The van der Waals surface area contributed by atoms with Crippen molar-refractivity contribution in [1.29, 1.82) is 0 Å². The number of hydrogen-bond acceptors (Lipinski definition) is 2. The molecule has 20 heavy (non-hydrogen) atoms. The van der Waals surface area contributed by atoms with Gasteiger partial charge in [0.1, 0.15) is 8.07 Å². The molecule has 0 heterocycles.